The second-order valence-electron chi connectivity index (χ2n) is 4.20. The number of nitrogens with one attached hydrogen (secondary N) is 1. The van der Waals surface area contributed by atoms with Crippen molar-refractivity contribution in [3.63, 3.8) is 0 Å². The SMILES string of the molecule is CCOC(=O)N[C@@H]1[C@@H](OC(C)=O)[C@@H]2OC(=O)C[C@H]1O2. The van der Waals surface area contributed by atoms with Gasteiger partial charge in [0.25, 0.3) is 0 Å². The first-order valence-electron chi connectivity index (χ1n) is 5.96. The molecule has 1 amide bonds. The highest BCUT2D eigenvalue weighted by Gasteiger charge is 2.53. The molecule has 4 atom stereocenters. The third-order valence-electron chi connectivity index (χ3n) is 2.81. The van der Waals surface area contributed by atoms with E-state index in [-0.39, 0.29) is 13.0 Å². The quantitative estimate of drug-likeness (QED) is 0.556. The maximum Gasteiger partial charge on any atom is 0.407 e. The van der Waals surface area contributed by atoms with Crippen LogP contribution in [0.2, 0.25) is 0 Å². The van der Waals surface area contributed by atoms with Crippen LogP contribution in [0.15, 0.2) is 0 Å². The number of hydrogen-bond donors (Lipinski definition) is 1. The summed E-state index contributed by atoms with van der Waals surface area (Å²) in [6.07, 6.45) is -3.10. The lowest BCUT2D eigenvalue weighted by Gasteiger charge is -2.21. The number of fused-ring (bicyclic) bond motifs is 2. The van der Waals surface area contributed by atoms with Crippen LogP contribution in [-0.2, 0) is 28.5 Å². The second kappa shape index (κ2) is 5.43. The molecule has 0 radical (unpaired) electrons. The molecule has 2 aliphatic heterocycles. The first-order chi connectivity index (χ1) is 9.01. The van der Waals surface area contributed by atoms with Crippen LogP contribution in [0.1, 0.15) is 20.3 Å². The van der Waals surface area contributed by atoms with E-state index in [2.05, 4.69) is 5.32 Å². The summed E-state index contributed by atoms with van der Waals surface area (Å²) in [5.41, 5.74) is 0. The molecule has 2 fully saturated rings. The highest BCUT2D eigenvalue weighted by Crippen LogP contribution is 2.31. The predicted molar refractivity (Wildman–Crippen MR) is 58.9 cm³/mol. The maximum absolute atomic E-state index is 11.4. The fourth-order valence-electron chi connectivity index (χ4n) is 2.13. The van der Waals surface area contributed by atoms with Gasteiger partial charge in [-0.05, 0) is 6.92 Å². The Balaban J connectivity index is 2.10. The lowest BCUT2D eigenvalue weighted by molar-refractivity contribution is -0.211. The first-order valence-corrected chi connectivity index (χ1v) is 5.96. The summed E-state index contributed by atoms with van der Waals surface area (Å²) in [5.74, 6) is -1.00. The van der Waals surface area contributed by atoms with Gasteiger partial charge in [0.2, 0.25) is 6.29 Å². The van der Waals surface area contributed by atoms with Gasteiger partial charge in [0, 0.05) is 6.92 Å². The maximum atomic E-state index is 11.4. The van der Waals surface area contributed by atoms with Gasteiger partial charge >= 0.3 is 18.0 Å². The van der Waals surface area contributed by atoms with Gasteiger partial charge in [-0.2, -0.15) is 0 Å². The van der Waals surface area contributed by atoms with Crippen molar-refractivity contribution in [2.45, 2.75) is 44.8 Å². The number of amides is 1. The van der Waals surface area contributed by atoms with Crippen LogP contribution >= 0.6 is 0 Å². The van der Waals surface area contributed by atoms with E-state index in [0.717, 1.165) is 0 Å². The van der Waals surface area contributed by atoms with Crippen molar-refractivity contribution < 1.29 is 33.3 Å². The number of rotatable bonds is 3. The van der Waals surface area contributed by atoms with E-state index in [1.807, 2.05) is 0 Å². The minimum atomic E-state index is -0.984. The minimum absolute atomic E-state index is 0.00859. The fourth-order valence-corrected chi connectivity index (χ4v) is 2.13. The summed E-state index contributed by atoms with van der Waals surface area (Å²) in [6, 6.07) is -0.667. The molecular formula is C11H15NO7. The zero-order valence-corrected chi connectivity index (χ0v) is 10.6. The van der Waals surface area contributed by atoms with Gasteiger partial charge < -0.3 is 24.3 Å². The van der Waals surface area contributed by atoms with Gasteiger partial charge in [0.15, 0.2) is 6.10 Å². The van der Waals surface area contributed by atoms with Crippen LogP contribution in [0.3, 0.4) is 0 Å². The van der Waals surface area contributed by atoms with Crippen molar-refractivity contribution in [3.05, 3.63) is 0 Å². The Kier molecular flexibility index (Phi) is 3.89. The highest BCUT2D eigenvalue weighted by molar-refractivity contribution is 5.73. The van der Waals surface area contributed by atoms with E-state index in [9.17, 15) is 14.4 Å². The third kappa shape index (κ3) is 2.95. The topological polar surface area (TPSA) is 100 Å². The van der Waals surface area contributed by atoms with E-state index in [4.69, 9.17) is 18.9 Å². The van der Waals surface area contributed by atoms with Crippen LogP contribution in [0.25, 0.3) is 0 Å². The summed E-state index contributed by atoms with van der Waals surface area (Å²) in [5, 5.41) is 2.53. The lowest BCUT2D eigenvalue weighted by Crippen LogP contribution is -2.48. The first kappa shape index (κ1) is 13.6. The Morgan fingerprint density at radius 1 is 1.47 bits per heavy atom. The third-order valence-corrected chi connectivity index (χ3v) is 2.81. The average Bonchev–Trinajstić information content (AvgIpc) is 2.53. The van der Waals surface area contributed by atoms with Gasteiger partial charge in [-0.25, -0.2) is 4.79 Å². The summed E-state index contributed by atoms with van der Waals surface area (Å²) >= 11 is 0. The van der Waals surface area contributed by atoms with Crippen molar-refractivity contribution in [2.24, 2.45) is 0 Å². The minimum Gasteiger partial charge on any atom is -0.454 e. The van der Waals surface area contributed by atoms with Crippen molar-refractivity contribution in [3.8, 4) is 0 Å². The van der Waals surface area contributed by atoms with Gasteiger partial charge in [0.05, 0.1) is 19.1 Å². The van der Waals surface area contributed by atoms with E-state index in [1.54, 1.807) is 6.92 Å². The molecule has 8 nitrogen and oxygen atoms in total. The molecular weight excluding hydrogens is 258 g/mol. The molecule has 0 aromatic heterocycles. The molecule has 2 saturated heterocycles. The van der Waals surface area contributed by atoms with E-state index in [1.165, 1.54) is 6.92 Å². The van der Waals surface area contributed by atoms with Crippen molar-refractivity contribution in [2.75, 3.05) is 6.61 Å². The van der Waals surface area contributed by atoms with Crippen molar-refractivity contribution in [1.29, 1.82) is 0 Å². The van der Waals surface area contributed by atoms with Crippen LogP contribution in [0, 0.1) is 0 Å². The number of esters is 2. The number of alkyl carbamates (subject to hydrolysis) is 1. The number of hydrogen-bond acceptors (Lipinski definition) is 7. The second-order valence-corrected chi connectivity index (χ2v) is 4.20. The Hall–Kier alpha value is -1.83. The monoisotopic (exact) mass is 273 g/mol. The molecule has 19 heavy (non-hydrogen) atoms. The van der Waals surface area contributed by atoms with Crippen LogP contribution in [0.5, 0.6) is 0 Å². The Morgan fingerprint density at radius 2 is 2.21 bits per heavy atom. The summed E-state index contributed by atoms with van der Waals surface area (Å²) < 4.78 is 20.1. The summed E-state index contributed by atoms with van der Waals surface area (Å²) in [4.78, 5) is 33.8. The number of carbonyl (C=O) groups is 3. The summed E-state index contributed by atoms with van der Waals surface area (Å²) in [6.45, 7) is 3.10. The van der Waals surface area contributed by atoms with Crippen molar-refractivity contribution >= 4 is 18.0 Å². The van der Waals surface area contributed by atoms with Gasteiger partial charge in [-0.3, -0.25) is 9.59 Å². The molecule has 0 unspecified atom stereocenters. The zero-order valence-electron chi connectivity index (χ0n) is 10.6. The standard InChI is InChI=1S/C11H15NO7/c1-3-16-11(15)12-8-6-4-7(14)19-10(18-6)9(8)17-5(2)13/h6,8-10H,3-4H2,1-2H3,(H,12,15)/t6-,8+,9-,10+/m1/s1. The molecule has 0 aliphatic carbocycles. The molecule has 2 aliphatic rings. The Bertz CT molecular complexity index is 397. The molecule has 0 saturated carbocycles. The molecule has 106 valence electrons. The Morgan fingerprint density at radius 3 is 2.84 bits per heavy atom. The van der Waals surface area contributed by atoms with Gasteiger partial charge in [-0.15, -0.1) is 0 Å². The largest absolute Gasteiger partial charge is 0.454 e. The van der Waals surface area contributed by atoms with E-state index >= 15 is 0 Å². The highest BCUT2D eigenvalue weighted by atomic mass is 16.7. The molecule has 0 aromatic rings. The van der Waals surface area contributed by atoms with Gasteiger partial charge in [-0.1, -0.05) is 0 Å². The summed E-state index contributed by atoms with van der Waals surface area (Å²) in [7, 11) is 0. The van der Waals surface area contributed by atoms with E-state index in [0.29, 0.717) is 0 Å². The number of ether oxygens (including phenoxy) is 4. The predicted octanol–water partition coefficient (Wildman–Crippen LogP) is -0.295. The smallest absolute Gasteiger partial charge is 0.407 e. The Labute approximate surface area is 109 Å². The fraction of sp³-hybridized carbons (Fsp3) is 0.727. The normalized spacial score (nSPS) is 32.4. The lowest BCUT2D eigenvalue weighted by atomic mass is 10.1. The molecule has 0 aromatic carbocycles. The average molecular weight is 273 g/mol. The molecule has 8 heteroatoms. The van der Waals surface area contributed by atoms with E-state index < -0.39 is 42.6 Å². The molecule has 1 N–H and O–H groups in total. The molecule has 2 rings (SSSR count). The van der Waals surface area contributed by atoms with Crippen LogP contribution < -0.4 is 5.32 Å². The zero-order chi connectivity index (χ0) is 14.0. The molecule has 2 heterocycles. The number of carbonyl (C=O) groups excluding carboxylic acids is 3. The van der Waals surface area contributed by atoms with Crippen molar-refractivity contribution in [1.82, 2.24) is 5.32 Å². The molecule has 0 spiro atoms. The van der Waals surface area contributed by atoms with Gasteiger partial charge in [0.1, 0.15) is 6.04 Å². The van der Waals surface area contributed by atoms with Crippen LogP contribution in [-0.4, -0.2) is 49.2 Å². The van der Waals surface area contributed by atoms with Crippen LogP contribution in [0.4, 0.5) is 4.79 Å². The molecule has 2 bridgehead atoms.